The quantitative estimate of drug-likeness (QED) is 0.364. The molecule has 0 unspecified atom stereocenters. The van der Waals surface area contributed by atoms with Gasteiger partial charge in [0.2, 0.25) is 5.91 Å². The summed E-state index contributed by atoms with van der Waals surface area (Å²) >= 11 is 1.37. The van der Waals surface area contributed by atoms with E-state index in [-0.39, 0.29) is 5.91 Å². The van der Waals surface area contributed by atoms with Crippen LogP contribution in [-0.4, -0.2) is 23.2 Å². The van der Waals surface area contributed by atoms with E-state index in [0.29, 0.717) is 13.1 Å². The third-order valence-corrected chi connectivity index (χ3v) is 2.47. The molecule has 0 aliphatic rings. The van der Waals surface area contributed by atoms with Crippen LogP contribution in [0.15, 0.2) is 30.3 Å². The largest absolute Gasteiger partial charge is 0.341 e. The van der Waals surface area contributed by atoms with Crippen molar-refractivity contribution in [2.75, 3.05) is 12.9 Å². The van der Waals surface area contributed by atoms with Gasteiger partial charge in [0.05, 0.1) is 13.1 Å². The Balaban J connectivity index is 0.00000121. The minimum Gasteiger partial charge on any atom is -0.341 e. The van der Waals surface area contributed by atoms with Gasteiger partial charge in [-0.2, -0.15) is 4.41 Å². The van der Waals surface area contributed by atoms with E-state index in [1.807, 2.05) is 50.4 Å². The molecule has 17 heavy (non-hydrogen) atoms. The van der Waals surface area contributed by atoms with Crippen molar-refractivity contribution in [3.63, 3.8) is 0 Å². The Kier molecular flexibility index (Phi) is 9.52. The number of hydrazine groups is 1. The molecule has 0 saturated carbocycles. The van der Waals surface area contributed by atoms with Crippen LogP contribution < -0.4 is 11.2 Å². The van der Waals surface area contributed by atoms with Crippen LogP contribution in [0.25, 0.3) is 0 Å². The molecule has 5 heteroatoms. The Hall–Kier alpha value is -1.04. The van der Waals surface area contributed by atoms with Gasteiger partial charge in [-0.05, 0) is 11.8 Å². The minimum atomic E-state index is -0.0225. The second kappa shape index (κ2) is 10.1. The first-order valence-electron chi connectivity index (χ1n) is 5.59. The van der Waals surface area contributed by atoms with Gasteiger partial charge in [0.25, 0.3) is 0 Å². The highest BCUT2D eigenvalue weighted by atomic mass is 32.2. The highest BCUT2D eigenvalue weighted by Gasteiger charge is 2.03. The molecule has 1 aromatic rings. The third kappa shape index (κ3) is 7.79. The van der Waals surface area contributed by atoms with Crippen molar-refractivity contribution < 1.29 is 4.79 Å². The van der Waals surface area contributed by atoms with Crippen molar-refractivity contribution in [2.24, 2.45) is 5.84 Å². The summed E-state index contributed by atoms with van der Waals surface area (Å²) in [7, 11) is 0. The van der Waals surface area contributed by atoms with Gasteiger partial charge in [-0.25, -0.2) is 0 Å². The first-order chi connectivity index (χ1) is 8.22. The van der Waals surface area contributed by atoms with Crippen LogP contribution in [0.2, 0.25) is 0 Å². The van der Waals surface area contributed by atoms with Gasteiger partial charge >= 0.3 is 0 Å². The van der Waals surface area contributed by atoms with Crippen molar-refractivity contribution in [3.05, 3.63) is 35.9 Å². The molecule has 96 valence electrons. The van der Waals surface area contributed by atoms with Crippen LogP contribution in [0.1, 0.15) is 19.4 Å². The molecule has 1 rings (SSSR count). The Bertz CT molecular complexity index is 306. The molecule has 0 aliphatic carbocycles. The van der Waals surface area contributed by atoms with Gasteiger partial charge in [0.1, 0.15) is 0 Å². The summed E-state index contributed by atoms with van der Waals surface area (Å²) in [5.41, 5.74) is 1.00. The molecule has 4 nitrogen and oxygen atoms in total. The molecule has 0 aromatic heterocycles. The van der Waals surface area contributed by atoms with E-state index in [9.17, 15) is 4.79 Å². The number of nitrogens with two attached hydrogens (primary N) is 1. The lowest BCUT2D eigenvalue weighted by molar-refractivity contribution is -0.120. The zero-order valence-corrected chi connectivity index (χ0v) is 11.5. The lowest BCUT2D eigenvalue weighted by Crippen LogP contribution is -2.38. The van der Waals surface area contributed by atoms with Gasteiger partial charge < -0.3 is 5.32 Å². The summed E-state index contributed by atoms with van der Waals surface area (Å²) in [6.45, 7) is 4.35. The fraction of sp³-hybridized carbons (Fsp3) is 0.417. The van der Waals surface area contributed by atoms with Crippen LogP contribution >= 0.6 is 11.9 Å². The van der Waals surface area contributed by atoms with Crippen molar-refractivity contribution in [3.8, 4) is 0 Å². The third-order valence-electron chi connectivity index (χ3n) is 1.87. The van der Waals surface area contributed by atoms with E-state index in [1.165, 1.54) is 16.4 Å². The monoisotopic (exact) mass is 255 g/mol. The maximum atomic E-state index is 11.4. The molecule has 1 aromatic carbocycles. The average Bonchev–Trinajstić information content (AvgIpc) is 2.39. The first-order valence-corrected chi connectivity index (χ1v) is 6.77. The van der Waals surface area contributed by atoms with Crippen molar-refractivity contribution >= 4 is 17.9 Å². The predicted molar refractivity (Wildman–Crippen MR) is 74.0 cm³/mol. The number of carbonyl (C=O) groups excluding carboxylic acids is 1. The molecule has 0 bridgehead atoms. The summed E-state index contributed by atoms with van der Waals surface area (Å²) in [4.78, 5) is 11.4. The van der Waals surface area contributed by atoms with Gasteiger partial charge in [0, 0.05) is 0 Å². The minimum absolute atomic E-state index is 0.0225. The topological polar surface area (TPSA) is 58.4 Å². The van der Waals surface area contributed by atoms with Crippen LogP contribution in [0.4, 0.5) is 0 Å². The molecule has 0 atom stereocenters. The smallest absolute Gasteiger partial charge is 0.225 e. The average molecular weight is 255 g/mol. The lowest BCUT2D eigenvalue weighted by Gasteiger charge is -2.12. The summed E-state index contributed by atoms with van der Waals surface area (Å²) in [5, 5.41) is 2.72. The summed E-state index contributed by atoms with van der Waals surface area (Å²) in [6, 6.07) is 9.61. The molecule has 3 N–H and O–H groups in total. The van der Waals surface area contributed by atoms with Crippen LogP contribution in [0, 0.1) is 0 Å². The molecule has 0 fully saturated rings. The Morgan fingerprint density at radius 2 is 1.94 bits per heavy atom. The van der Waals surface area contributed by atoms with E-state index < -0.39 is 0 Å². The van der Waals surface area contributed by atoms with Crippen molar-refractivity contribution in [1.82, 2.24) is 9.73 Å². The molecular formula is C12H21N3OS. The van der Waals surface area contributed by atoms with E-state index in [4.69, 9.17) is 5.84 Å². The number of nitrogens with zero attached hydrogens (tertiary/aromatic N) is 1. The van der Waals surface area contributed by atoms with Gasteiger partial charge in [-0.1, -0.05) is 56.1 Å². The Labute approximate surface area is 108 Å². The molecular weight excluding hydrogens is 234 g/mol. The highest BCUT2D eigenvalue weighted by molar-refractivity contribution is 7.96. The Morgan fingerprint density at radius 1 is 1.35 bits per heavy atom. The summed E-state index contributed by atoms with van der Waals surface area (Å²) in [6.07, 6.45) is 2.24. The van der Waals surface area contributed by atoms with E-state index in [1.54, 1.807) is 0 Å². The van der Waals surface area contributed by atoms with Gasteiger partial charge in [0.15, 0.2) is 0 Å². The van der Waals surface area contributed by atoms with Gasteiger partial charge in [-0.15, -0.1) is 0 Å². The molecule has 0 heterocycles. The maximum Gasteiger partial charge on any atom is 0.225 e. The second-order valence-corrected chi connectivity index (χ2v) is 3.85. The normalized spacial score (nSPS) is 9.47. The first kappa shape index (κ1) is 16.0. The number of benzene rings is 1. The van der Waals surface area contributed by atoms with Crippen LogP contribution in [0.5, 0.6) is 0 Å². The summed E-state index contributed by atoms with van der Waals surface area (Å²) < 4.78 is 1.46. The van der Waals surface area contributed by atoms with E-state index in [0.717, 1.165) is 5.56 Å². The van der Waals surface area contributed by atoms with Crippen molar-refractivity contribution in [2.45, 2.75) is 20.3 Å². The number of hydrogen-bond donors (Lipinski definition) is 2. The molecule has 0 spiro atoms. The zero-order chi connectivity index (χ0) is 13.1. The van der Waals surface area contributed by atoms with Gasteiger partial charge in [-0.3, -0.25) is 10.6 Å². The fourth-order valence-electron chi connectivity index (χ4n) is 1.07. The molecule has 0 aliphatic heterocycles. The zero-order valence-electron chi connectivity index (χ0n) is 10.6. The predicted octanol–water partition coefficient (Wildman–Crippen LogP) is 1.78. The lowest BCUT2D eigenvalue weighted by atomic mass is 10.1. The standard InChI is InChI=1S/C10H15N3OS.C2H6/c1-15-13(11)8-12-10(14)7-9-5-3-2-4-6-9;1-2/h2-6H,7-8,11H2,1H3,(H,12,14);1-2H3. The second-order valence-electron chi connectivity index (χ2n) is 3.02. The van der Waals surface area contributed by atoms with Crippen molar-refractivity contribution in [1.29, 1.82) is 0 Å². The fourth-order valence-corrected chi connectivity index (χ4v) is 1.27. The molecule has 1 amide bonds. The maximum absolute atomic E-state index is 11.4. The number of nitrogens with one attached hydrogen (secondary N) is 1. The van der Waals surface area contributed by atoms with E-state index >= 15 is 0 Å². The van der Waals surface area contributed by atoms with E-state index in [2.05, 4.69) is 5.32 Å². The molecule has 0 saturated heterocycles. The number of hydrogen-bond acceptors (Lipinski definition) is 4. The van der Waals surface area contributed by atoms with Crippen LogP contribution in [0.3, 0.4) is 0 Å². The highest BCUT2D eigenvalue weighted by Crippen LogP contribution is 1.99. The number of carbonyl (C=O) groups is 1. The number of amides is 1. The molecule has 0 radical (unpaired) electrons. The summed E-state index contributed by atoms with van der Waals surface area (Å²) in [5.74, 6) is 5.47. The Morgan fingerprint density at radius 3 is 2.47 bits per heavy atom. The SMILES string of the molecule is CC.CSN(N)CNC(=O)Cc1ccccc1. The number of rotatable bonds is 5. The van der Waals surface area contributed by atoms with Crippen LogP contribution in [-0.2, 0) is 11.2 Å².